The Bertz CT molecular complexity index is 2110. The van der Waals surface area contributed by atoms with Gasteiger partial charge >= 0.3 is 6.09 Å². The van der Waals surface area contributed by atoms with Gasteiger partial charge < -0.3 is 29.7 Å². The monoisotopic (exact) mass is 860 g/mol. The summed E-state index contributed by atoms with van der Waals surface area (Å²) in [6, 6.07) is 2.73. The van der Waals surface area contributed by atoms with Gasteiger partial charge in [-0.05, 0) is 94.6 Å². The van der Waals surface area contributed by atoms with Crippen molar-refractivity contribution in [2.45, 2.75) is 153 Å². The molecule has 4 amide bonds. The van der Waals surface area contributed by atoms with Gasteiger partial charge in [0.2, 0.25) is 34.1 Å². The van der Waals surface area contributed by atoms with Crippen LogP contribution < -0.4 is 24.8 Å². The molecule has 3 heterocycles. The highest BCUT2D eigenvalue weighted by Crippen LogP contribution is 2.50. The number of aromatic nitrogens is 2. The molecule has 7 rings (SSSR count). The van der Waals surface area contributed by atoms with Crippen molar-refractivity contribution < 1.29 is 50.6 Å². The second-order valence-corrected chi connectivity index (χ2v) is 20.9. The summed E-state index contributed by atoms with van der Waals surface area (Å²) in [6.45, 7) is 8.36. The molecule has 0 spiro atoms. The van der Waals surface area contributed by atoms with Crippen molar-refractivity contribution in [2.75, 3.05) is 13.7 Å². The standard InChI is InChI=1S/C42H58F2N6O9S/c1-7-25-31-22-50(32(25)35(51)48-42(21-26(42)34(43)44)38(53)49-60(55,56)41(5)18-19-41)37(52)33(40(2,3)4)47-39(54)59-30-15-11-13-23(30)12-9-8-10-14-28-36(58-31)46-29-20-24(57-6)16-17-27(29)45-28/h16-17,20,23,25-26,30-34H,7-15,18-19,21-22H2,1-6H3,(H,47,54)(H,48,51)(H,49,53)/t23-,25-,26?,30-,31+,32+,33-,42-/m1/s1. The van der Waals surface area contributed by atoms with E-state index in [0.717, 1.165) is 38.5 Å². The average Bonchev–Trinajstić information content (AvgIpc) is 4.03. The lowest BCUT2D eigenvalue weighted by atomic mass is 9.85. The molecular formula is C42H58F2N6O9S. The van der Waals surface area contributed by atoms with Crippen LogP contribution in [0, 0.1) is 23.2 Å². The fourth-order valence-electron chi connectivity index (χ4n) is 9.23. The summed E-state index contributed by atoms with van der Waals surface area (Å²) in [5.41, 5.74) is -1.44. The molecule has 3 aliphatic carbocycles. The summed E-state index contributed by atoms with van der Waals surface area (Å²) in [6.07, 6.45) is 1.77. The first-order valence-corrected chi connectivity index (χ1v) is 22.7. The molecule has 15 nitrogen and oxygen atoms in total. The SMILES string of the molecule is CC[C@@H]1[C@@H]2CN(C(=O)[C@H](C(C)(C)C)NC(=O)O[C@@H]3CCC[C@H]3CCCCCc3nc4ccc(OC)cc4nc3O2)[C@@H]1C(=O)N[C@]1(C(=O)NS(=O)(=O)C2(C)CC2)CC1C(F)F. The minimum absolute atomic E-state index is 0.164. The Kier molecular flexibility index (Phi) is 12.0. The maximum absolute atomic E-state index is 15.0. The van der Waals surface area contributed by atoms with Crippen molar-refractivity contribution in [3.8, 4) is 11.6 Å². The van der Waals surface area contributed by atoms with E-state index in [9.17, 15) is 36.4 Å². The van der Waals surface area contributed by atoms with E-state index >= 15 is 0 Å². The summed E-state index contributed by atoms with van der Waals surface area (Å²) >= 11 is 0. The third kappa shape index (κ3) is 8.58. The number of methoxy groups -OCH3 is 1. The quantitative estimate of drug-likeness (QED) is 0.316. The Morgan fingerprint density at radius 3 is 2.42 bits per heavy atom. The summed E-state index contributed by atoms with van der Waals surface area (Å²) in [5.74, 6) is -4.35. The second-order valence-electron chi connectivity index (χ2n) is 18.7. The van der Waals surface area contributed by atoms with E-state index in [2.05, 4.69) is 10.6 Å². The number of nitrogens with zero attached hydrogens (tertiary/aromatic N) is 3. The van der Waals surface area contributed by atoms with Gasteiger partial charge in [0.1, 0.15) is 41.3 Å². The fraction of sp³-hybridized carbons (Fsp3) is 0.714. The van der Waals surface area contributed by atoms with Crippen molar-refractivity contribution in [1.82, 2.24) is 30.2 Å². The van der Waals surface area contributed by atoms with Gasteiger partial charge in [-0.1, -0.05) is 40.5 Å². The Labute approximate surface area is 349 Å². The van der Waals surface area contributed by atoms with Crippen molar-refractivity contribution in [3.05, 3.63) is 23.9 Å². The number of benzene rings is 1. The molecule has 1 aromatic heterocycles. The number of halogens is 2. The Balaban J connectivity index is 1.28. The highest BCUT2D eigenvalue weighted by atomic mass is 32.2. The van der Waals surface area contributed by atoms with Crippen LogP contribution in [0.2, 0.25) is 0 Å². The summed E-state index contributed by atoms with van der Waals surface area (Å²) < 4.78 is 73.9. The zero-order valence-electron chi connectivity index (χ0n) is 35.2. The van der Waals surface area contributed by atoms with Crippen LogP contribution in [0.3, 0.4) is 0 Å². The molecule has 0 radical (unpaired) electrons. The number of carbonyl (C=O) groups excluding carboxylic acids is 4. The van der Waals surface area contributed by atoms with Gasteiger partial charge in [-0.25, -0.2) is 32.0 Å². The number of ether oxygens (including phenoxy) is 3. The van der Waals surface area contributed by atoms with E-state index in [4.69, 9.17) is 24.2 Å². The second kappa shape index (κ2) is 16.5. The maximum atomic E-state index is 15.0. The zero-order chi connectivity index (χ0) is 43.4. The molecule has 4 fully saturated rings. The van der Waals surface area contributed by atoms with Crippen molar-refractivity contribution in [3.63, 3.8) is 0 Å². The Morgan fingerprint density at radius 1 is 1.03 bits per heavy atom. The number of hydrogen-bond donors (Lipinski definition) is 3. The fourth-order valence-corrected chi connectivity index (χ4v) is 10.5. The number of fused-ring (bicyclic) bond motifs is 5. The van der Waals surface area contributed by atoms with Gasteiger partial charge in [0.25, 0.3) is 5.91 Å². The van der Waals surface area contributed by atoms with Crippen LogP contribution in [0.1, 0.15) is 111 Å². The topological polar surface area (TPSA) is 195 Å². The third-order valence-corrected chi connectivity index (χ3v) is 15.6. The molecule has 2 aromatic rings. The number of sulfonamides is 1. The van der Waals surface area contributed by atoms with Gasteiger partial charge in [0.15, 0.2) is 0 Å². The van der Waals surface area contributed by atoms with E-state index in [0.29, 0.717) is 48.2 Å². The van der Waals surface area contributed by atoms with Crippen molar-refractivity contribution >= 4 is 44.9 Å². The lowest BCUT2D eigenvalue weighted by Crippen LogP contribution is -2.61. The predicted octanol–water partition coefficient (Wildman–Crippen LogP) is 5.19. The van der Waals surface area contributed by atoms with E-state index < -0.39 is 92.4 Å². The number of nitrogens with one attached hydrogen (secondary N) is 3. The van der Waals surface area contributed by atoms with Crippen LogP contribution in [0.4, 0.5) is 13.6 Å². The largest absolute Gasteiger partial charge is 0.497 e. The molecule has 3 N–H and O–H groups in total. The number of aryl methyl sites for hydroxylation is 1. The molecule has 330 valence electrons. The summed E-state index contributed by atoms with van der Waals surface area (Å²) in [7, 11) is -2.71. The number of alkyl halides is 2. The number of amides is 4. The van der Waals surface area contributed by atoms with Crippen LogP contribution in [-0.4, -0.2) is 102 Å². The van der Waals surface area contributed by atoms with Crippen LogP contribution in [-0.2, 0) is 35.6 Å². The Morgan fingerprint density at radius 2 is 1.77 bits per heavy atom. The number of hydrogen-bond acceptors (Lipinski definition) is 11. The molecule has 1 unspecified atom stereocenters. The first-order chi connectivity index (χ1) is 28.3. The minimum atomic E-state index is -4.25. The van der Waals surface area contributed by atoms with E-state index in [-0.39, 0.29) is 30.9 Å². The molecule has 2 aliphatic heterocycles. The van der Waals surface area contributed by atoms with Crippen LogP contribution >= 0.6 is 0 Å². The van der Waals surface area contributed by atoms with Gasteiger partial charge in [-0.2, -0.15) is 0 Å². The molecule has 8 atom stereocenters. The predicted molar refractivity (Wildman–Crippen MR) is 216 cm³/mol. The first kappa shape index (κ1) is 43.7. The summed E-state index contributed by atoms with van der Waals surface area (Å²) in [4.78, 5) is 68.2. The van der Waals surface area contributed by atoms with Gasteiger partial charge in [-0.15, -0.1) is 0 Å². The molecular weight excluding hydrogens is 803 g/mol. The van der Waals surface area contributed by atoms with Crippen LogP contribution in [0.25, 0.3) is 11.0 Å². The minimum Gasteiger partial charge on any atom is -0.497 e. The zero-order valence-corrected chi connectivity index (χ0v) is 36.0. The normalized spacial score (nSPS) is 30.8. The molecule has 2 bridgehead atoms. The molecule has 5 aliphatic rings. The van der Waals surface area contributed by atoms with E-state index in [1.54, 1.807) is 46.9 Å². The molecule has 18 heteroatoms. The smallest absolute Gasteiger partial charge is 0.408 e. The maximum Gasteiger partial charge on any atom is 0.408 e. The average molecular weight is 861 g/mol. The van der Waals surface area contributed by atoms with Crippen molar-refractivity contribution in [1.29, 1.82) is 0 Å². The molecule has 3 saturated carbocycles. The van der Waals surface area contributed by atoms with E-state index in [1.165, 1.54) is 11.8 Å². The molecule has 60 heavy (non-hydrogen) atoms. The lowest BCUT2D eigenvalue weighted by molar-refractivity contribution is -0.144. The highest BCUT2D eigenvalue weighted by Gasteiger charge is 2.68. The number of rotatable bonds is 8. The van der Waals surface area contributed by atoms with Crippen LogP contribution in [0.15, 0.2) is 18.2 Å². The van der Waals surface area contributed by atoms with Gasteiger partial charge in [0.05, 0.1) is 35.4 Å². The molecule has 1 saturated heterocycles. The lowest BCUT2D eigenvalue weighted by Gasteiger charge is -2.36. The number of carbonyl (C=O) groups is 4. The van der Waals surface area contributed by atoms with Crippen LogP contribution in [0.5, 0.6) is 11.6 Å². The van der Waals surface area contributed by atoms with Crippen molar-refractivity contribution in [2.24, 2.45) is 23.2 Å². The van der Waals surface area contributed by atoms with Gasteiger partial charge in [-0.3, -0.25) is 19.1 Å². The number of alkyl carbamates (subject to hydrolysis) is 1. The molecule has 1 aromatic carbocycles. The Hall–Kier alpha value is -4.35. The van der Waals surface area contributed by atoms with E-state index in [1.807, 2.05) is 10.8 Å². The third-order valence-electron chi connectivity index (χ3n) is 13.4. The summed E-state index contributed by atoms with van der Waals surface area (Å²) in [5, 5.41) is 5.33. The highest BCUT2D eigenvalue weighted by molar-refractivity contribution is 7.91. The first-order valence-electron chi connectivity index (χ1n) is 21.3. The van der Waals surface area contributed by atoms with Gasteiger partial charge in [0, 0.05) is 12.0 Å².